The molecule has 1 saturated heterocycles. The number of hydrogen-bond acceptors (Lipinski definition) is 7. The molecule has 224 valence electrons. The standard InChI is InChI=1S/C36H38O6S/c1-6-8-27(18-35(37)38-7-2)26-11-9-25(10-12-26)20-39-29-14-16-34-32(19-29)33(23-43-34)31-15-13-28(17-24(31)3)40-21-30-22-41-36(4,5)42-30/h9-17,19,23,27,30H,7,18,20-22H2,1-5H3/t27-,30?/m0/s1. The summed E-state index contributed by atoms with van der Waals surface area (Å²) < 4.78 is 30.1. The fourth-order valence-corrected chi connectivity index (χ4v) is 6.14. The van der Waals surface area contributed by atoms with Crippen molar-refractivity contribution in [2.75, 3.05) is 19.8 Å². The number of carbonyl (C=O) groups is 1. The predicted octanol–water partition coefficient (Wildman–Crippen LogP) is 8.05. The molecule has 5 rings (SSSR count). The van der Waals surface area contributed by atoms with Crippen LogP contribution in [0, 0.1) is 18.8 Å². The van der Waals surface area contributed by atoms with E-state index in [1.807, 2.05) is 57.2 Å². The van der Waals surface area contributed by atoms with Gasteiger partial charge in [0.2, 0.25) is 0 Å². The van der Waals surface area contributed by atoms with Gasteiger partial charge in [-0.1, -0.05) is 36.3 Å². The third-order valence-electron chi connectivity index (χ3n) is 7.32. The van der Waals surface area contributed by atoms with E-state index in [0.717, 1.165) is 33.6 Å². The Balaban J connectivity index is 1.24. The van der Waals surface area contributed by atoms with Crippen LogP contribution in [0.1, 0.15) is 56.7 Å². The molecule has 1 unspecified atom stereocenters. The van der Waals surface area contributed by atoms with Crippen LogP contribution in [-0.2, 0) is 25.6 Å². The highest BCUT2D eigenvalue weighted by molar-refractivity contribution is 7.17. The van der Waals surface area contributed by atoms with Gasteiger partial charge in [-0.05, 0) is 92.6 Å². The summed E-state index contributed by atoms with van der Waals surface area (Å²) in [7, 11) is 0. The van der Waals surface area contributed by atoms with Crippen molar-refractivity contribution in [1.82, 2.24) is 0 Å². The molecule has 1 aliphatic heterocycles. The van der Waals surface area contributed by atoms with Crippen molar-refractivity contribution in [2.24, 2.45) is 0 Å². The Kier molecular flexibility index (Phi) is 9.72. The maximum atomic E-state index is 12.0. The smallest absolute Gasteiger partial charge is 0.307 e. The van der Waals surface area contributed by atoms with Crippen molar-refractivity contribution >= 4 is 27.4 Å². The zero-order chi connectivity index (χ0) is 30.4. The number of aryl methyl sites for hydroxylation is 1. The Labute approximate surface area is 257 Å². The summed E-state index contributed by atoms with van der Waals surface area (Å²) >= 11 is 1.73. The van der Waals surface area contributed by atoms with Gasteiger partial charge in [-0.15, -0.1) is 17.3 Å². The topological polar surface area (TPSA) is 63.2 Å². The molecule has 43 heavy (non-hydrogen) atoms. The molecule has 3 aromatic carbocycles. The third kappa shape index (κ3) is 7.77. The van der Waals surface area contributed by atoms with Crippen molar-refractivity contribution in [1.29, 1.82) is 0 Å². The maximum absolute atomic E-state index is 12.0. The molecule has 0 amide bonds. The monoisotopic (exact) mass is 598 g/mol. The fourth-order valence-electron chi connectivity index (χ4n) is 5.19. The molecule has 7 heteroatoms. The van der Waals surface area contributed by atoms with Crippen LogP contribution in [0.3, 0.4) is 0 Å². The van der Waals surface area contributed by atoms with Gasteiger partial charge in [0.25, 0.3) is 0 Å². The quantitative estimate of drug-likeness (QED) is 0.129. The second-order valence-corrected chi connectivity index (χ2v) is 11.9. The maximum Gasteiger partial charge on any atom is 0.307 e. The first kappa shape index (κ1) is 30.6. The Hall–Kier alpha value is -3.83. The summed E-state index contributed by atoms with van der Waals surface area (Å²) in [4.78, 5) is 12.0. The minimum Gasteiger partial charge on any atom is -0.491 e. The average Bonchev–Trinajstić information content (AvgIpc) is 3.57. The second-order valence-electron chi connectivity index (χ2n) is 11.0. The molecule has 0 radical (unpaired) electrons. The van der Waals surface area contributed by atoms with Crippen molar-refractivity contribution in [3.8, 4) is 34.5 Å². The molecular weight excluding hydrogens is 560 g/mol. The molecule has 4 aromatic rings. The van der Waals surface area contributed by atoms with Gasteiger partial charge in [0, 0.05) is 15.6 Å². The zero-order valence-corrected chi connectivity index (χ0v) is 26.2. The van der Waals surface area contributed by atoms with Gasteiger partial charge in [0.15, 0.2) is 5.79 Å². The number of rotatable bonds is 11. The summed E-state index contributed by atoms with van der Waals surface area (Å²) in [6.07, 6.45) is 0.169. The lowest BCUT2D eigenvalue weighted by Crippen LogP contribution is -2.25. The normalized spacial score (nSPS) is 16.3. The van der Waals surface area contributed by atoms with Crippen molar-refractivity contribution in [3.63, 3.8) is 0 Å². The number of esters is 1. The van der Waals surface area contributed by atoms with Gasteiger partial charge in [-0.2, -0.15) is 0 Å². The minimum absolute atomic E-state index is 0.0734. The van der Waals surface area contributed by atoms with Crippen LogP contribution in [0.5, 0.6) is 11.5 Å². The van der Waals surface area contributed by atoms with E-state index >= 15 is 0 Å². The molecule has 1 fully saturated rings. The molecule has 1 aliphatic rings. The highest BCUT2D eigenvalue weighted by Crippen LogP contribution is 2.38. The van der Waals surface area contributed by atoms with Gasteiger partial charge in [-0.25, -0.2) is 0 Å². The van der Waals surface area contributed by atoms with Crippen LogP contribution in [0.2, 0.25) is 0 Å². The molecule has 0 N–H and O–H groups in total. The van der Waals surface area contributed by atoms with E-state index in [0.29, 0.717) is 26.4 Å². The van der Waals surface area contributed by atoms with E-state index in [4.69, 9.17) is 23.7 Å². The Morgan fingerprint density at radius 1 is 1.05 bits per heavy atom. The summed E-state index contributed by atoms with van der Waals surface area (Å²) in [6, 6.07) is 20.5. The number of thiophene rings is 1. The van der Waals surface area contributed by atoms with E-state index in [2.05, 4.69) is 48.4 Å². The van der Waals surface area contributed by atoms with Crippen LogP contribution in [-0.4, -0.2) is 37.7 Å². The second kappa shape index (κ2) is 13.6. The highest BCUT2D eigenvalue weighted by atomic mass is 32.1. The van der Waals surface area contributed by atoms with Gasteiger partial charge < -0.3 is 23.7 Å². The first-order valence-electron chi connectivity index (χ1n) is 14.6. The van der Waals surface area contributed by atoms with Gasteiger partial charge in [0.05, 0.1) is 25.6 Å². The summed E-state index contributed by atoms with van der Waals surface area (Å²) in [6.45, 7) is 11.3. The molecule has 2 atom stereocenters. The van der Waals surface area contributed by atoms with Crippen molar-refractivity contribution in [3.05, 3.63) is 82.7 Å². The average molecular weight is 599 g/mol. The largest absolute Gasteiger partial charge is 0.491 e. The lowest BCUT2D eigenvalue weighted by atomic mass is 9.95. The van der Waals surface area contributed by atoms with Crippen LogP contribution < -0.4 is 9.47 Å². The van der Waals surface area contributed by atoms with E-state index in [1.165, 1.54) is 15.8 Å². The SMILES string of the molecule is CC#C[C@@H](CC(=O)OCC)c1ccc(COc2ccc3scc(-c4ccc(OCC5COC(C)(C)O5)cc4C)c3c2)cc1. The fraction of sp³-hybridized carbons (Fsp3) is 0.361. The zero-order valence-electron chi connectivity index (χ0n) is 25.4. The third-order valence-corrected chi connectivity index (χ3v) is 8.28. The lowest BCUT2D eigenvalue weighted by Gasteiger charge is -2.17. The van der Waals surface area contributed by atoms with Gasteiger partial charge in [-0.3, -0.25) is 4.79 Å². The van der Waals surface area contributed by atoms with Crippen molar-refractivity contribution < 1.29 is 28.5 Å². The number of carbonyl (C=O) groups excluding carboxylic acids is 1. The summed E-state index contributed by atoms with van der Waals surface area (Å²) in [5.74, 6) is 6.71. The van der Waals surface area contributed by atoms with E-state index in [1.54, 1.807) is 18.3 Å². The Morgan fingerprint density at radius 3 is 2.51 bits per heavy atom. The van der Waals surface area contributed by atoms with E-state index in [9.17, 15) is 4.79 Å². The number of fused-ring (bicyclic) bond motifs is 1. The molecule has 0 saturated carbocycles. The first-order chi connectivity index (χ1) is 20.7. The first-order valence-corrected chi connectivity index (χ1v) is 15.5. The van der Waals surface area contributed by atoms with Gasteiger partial charge in [0.1, 0.15) is 30.8 Å². The van der Waals surface area contributed by atoms with Crippen LogP contribution in [0.4, 0.5) is 0 Å². The minimum atomic E-state index is -0.555. The molecular formula is C36H38O6S. The summed E-state index contributed by atoms with van der Waals surface area (Å²) in [5.41, 5.74) is 5.52. The molecule has 6 nitrogen and oxygen atoms in total. The van der Waals surface area contributed by atoms with Gasteiger partial charge >= 0.3 is 5.97 Å². The van der Waals surface area contributed by atoms with E-state index in [-0.39, 0.29) is 24.4 Å². The van der Waals surface area contributed by atoms with Crippen LogP contribution >= 0.6 is 11.3 Å². The molecule has 2 heterocycles. The van der Waals surface area contributed by atoms with Crippen LogP contribution in [0.15, 0.2) is 66.0 Å². The predicted molar refractivity (Wildman–Crippen MR) is 171 cm³/mol. The Bertz CT molecular complexity index is 1630. The number of benzene rings is 3. The molecule has 0 spiro atoms. The lowest BCUT2D eigenvalue weighted by molar-refractivity contribution is -0.143. The summed E-state index contributed by atoms with van der Waals surface area (Å²) in [5, 5.41) is 3.36. The van der Waals surface area contributed by atoms with Crippen LogP contribution in [0.25, 0.3) is 21.2 Å². The Morgan fingerprint density at radius 2 is 1.81 bits per heavy atom. The molecule has 0 aliphatic carbocycles. The molecule has 0 bridgehead atoms. The van der Waals surface area contributed by atoms with Crippen molar-refractivity contribution in [2.45, 2.75) is 65.5 Å². The molecule has 1 aromatic heterocycles. The van der Waals surface area contributed by atoms with E-state index < -0.39 is 5.79 Å². The number of ether oxygens (including phenoxy) is 5. The highest BCUT2D eigenvalue weighted by Gasteiger charge is 2.33. The number of hydrogen-bond donors (Lipinski definition) is 0.